The highest BCUT2D eigenvalue weighted by Gasteiger charge is 2.33. The number of rotatable bonds is 7. The van der Waals surface area contributed by atoms with Gasteiger partial charge in [-0.25, -0.2) is 8.42 Å². The number of piperidine rings is 1. The van der Waals surface area contributed by atoms with Crippen LogP contribution in [0.25, 0.3) is 0 Å². The molecule has 1 unspecified atom stereocenters. The van der Waals surface area contributed by atoms with E-state index < -0.39 is 10.0 Å². The van der Waals surface area contributed by atoms with Gasteiger partial charge in [0, 0.05) is 29.4 Å². The van der Waals surface area contributed by atoms with Crippen LogP contribution in [-0.4, -0.2) is 31.9 Å². The molecular weight excluding hydrogens is 304 g/mol. The summed E-state index contributed by atoms with van der Waals surface area (Å²) in [4.78, 5) is 1.56. The summed E-state index contributed by atoms with van der Waals surface area (Å²) in [5, 5.41) is 5.03. The molecule has 0 aromatic carbocycles. The molecule has 1 fully saturated rings. The van der Waals surface area contributed by atoms with Crippen LogP contribution in [0.3, 0.4) is 0 Å². The first kappa shape index (κ1) is 16.9. The lowest BCUT2D eigenvalue weighted by atomic mass is 10.0. The van der Waals surface area contributed by atoms with E-state index in [2.05, 4.69) is 12.2 Å². The average molecular weight is 331 g/mol. The largest absolute Gasteiger partial charge is 0.312 e. The number of sulfonamides is 1. The van der Waals surface area contributed by atoms with Gasteiger partial charge < -0.3 is 5.32 Å². The number of nitrogens with zero attached hydrogens (tertiary/aromatic N) is 1. The van der Waals surface area contributed by atoms with Gasteiger partial charge in [0.15, 0.2) is 0 Å². The highest BCUT2D eigenvalue weighted by Crippen LogP contribution is 2.29. The van der Waals surface area contributed by atoms with E-state index in [1.54, 1.807) is 9.69 Å². The van der Waals surface area contributed by atoms with Gasteiger partial charge in [0.1, 0.15) is 0 Å². The first-order chi connectivity index (χ1) is 10.1. The molecule has 2 heterocycles. The molecule has 1 saturated heterocycles. The quantitative estimate of drug-likeness (QED) is 0.835. The topological polar surface area (TPSA) is 49.4 Å². The summed E-state index contributed by atoms with van der Waals surface area (Å²) in [6.45, 7) is 6.48. The highest BCUT2D eigenvalue weighted by atomic mass is 32.2. The molecule has 0 radical (unpaired) electrons. The second-order valence-corrected chi connectivity index (χ2v) is 8.47. The van der Waals surface area contributed by atoms with Gasteiger partial charge in [-0.15, -0.1) is 11.3 Å². The van der Waals surface area contributed by atoms with E-state index >= 15 is 0 Å². The van der Waals surface area contributed by atoms with E-state index in [0.717, 1.165) is 50.1 Å². The van der Waals surface area contributed by atoms with E-state index in [0.29, 0.717) is 11.4 Å². The Morgan fingerprint density at radius 1 is 1.38 bits per heavy atom. The van der Waals surface area contributed by atoms with Gasteiger partial charge in [-0.05, 0) is 31.9 Å². The lowest BCUT2D eigenvalue weighted by molar-refractivity contribution is 0.239. The summed E-state index contributed by atoms with van der Waals surface area (Å²) in [5.74, 6) is 0. The van der Waals surface area contributed by atoms with Gasteiger partial charge >= 0.3 is 0 Å². The summed E-state index contributed by atoms with van der Waals surface area (Å²) in [6, 6.07) is 2.02. The fraction of sp³-hybridized carbons (Fsp3) is 0.733. The molecule has 1 aliphatic heterocycles. The molecule has 2 rings (SSSR count). The van der Waals surface area contributed by atoms with Gasteiger partial charge in [-0.1, -0.05) is 26.7 Å². The van der Waals surface area contributed by atoms with Crippen molar-refractivity contribution < 1.29 is 8.42 Å². The van der Waals surface area contributed by atoms with Crippen LogP contribution in [-0.2, 0) is 16.6 Å². The highest BCUT2D eigenvalue weighted by molar-refractivity contribution is 7.89. The third-order valence-electron chi connectivity index (χ3n) is 3.98. The van der Waals surface area contributed by atoms with E-state index in [-0.39, 0.29) is 6.04 Å². The van der Waals surface area contributed by atoms with Crippen molar-refractivity contribution in [2.24, 2.45) is 0 Å². The zero-order chi connectivity index (χ0) is 15.3. The van der Waals surface area contributed by atoms with Gasteiger partial charge in [0.05, 0.1) is 4.90 Å². The molecule has 1 aromatic heterocycles. The zero-order valence-corrected chi connectivity index (χ0v) is 14.6. The summed E-state index contributed by atoms with van der Waals surface area (Å²) in [7, 11) is -3.32. The Labute approximate surface area is 132 Å². The Balaban J connectivity index is 2.17. The Bertz CT molecular complexity index is 538. The van der Waals surface area contributed by atoms with Crippen LogP contribution in [0.1, 0.15) is 50.8 Å². The Morgan fingerprint density at radius 2 is 2.19 bits per heavy atom. The number of hydrogen-bond acceptors (Lipinski definition) is 4. The molecule has 0 aliphatic carbocycles. The third-order valence-corrected chi connectivity index (χ3v) is 7.00. The molecule has 120 valence electrons. The standard InChI is InChI=1S/C15H26N2O2S2/c1-3-7-13-8-5-6-9-17(13)21(18,19)15-10-14(20-12-15)11-16-4-2/h10,12-13,16H,3-9,11H2,1-2H3. The van der Waals surface area contributed by atoms with E-state index in [9.17, 15) is 8.42 Å². The first-order valence-electron chi connectivity index (χ1n) is 7.89. The SMILES string of the molecule is CCCC1CCCCN1S(=O)(=O)c1csc(CNCC)c1. The first-order valence-corrected chi connectivity index (χ1v) is 10.2. The number of thiophene rings is 1. The molecule has 6 heteroatoms. The summed E-state index contributed by atoms with van der Waals surface area (Å²) >= 11 is 1.53. The van der Waals surface area contributed by atoms with E-state index in [1.807, 2.05) is 13.0 Å². The maximum atomic E-state index is 12.9. The second kappa shape index (κ2) is 7.72. The Hall–Kier alpha value is -0.430. The second-order valence-electron chi connectivity index (χ2n) is 5.58. The minimum absolute atomic E-state index is 0.186. The number of hydrogen-bond donors (Lipinski definition) is 1. The van der Waals surface area contributed by atoms with Crippen LogP contribution in [0.2, 0.25) is 0 Å². The molecular formula is C15H26N2O2S2. The fourth-order valence-electron chi connectivity index (χ4n) is 2.88. The molecule has 0 spiro atoms. The van der Waals surface area contributed by atoms with Crippen LogP contribution < -0.4 is 5.32 Å². The van der Waals surface area contributed by atoms with Crippen molar-refractivity contribution in [2.45, 2.75) is 63.4 Å². The van der Waals surface area contributed by atoms with Crippen LogP contribution in [0.15, 0.2) is 16.3 Å². The molecule has 4 nitrogen and oxygen atoms in total. The van der Waals surface area contributed by atoms with Crippen molar-refractivity contribution in [3.05, 3.63) is 16.3 Å². The van der Waals surface area contributed by atoms with Gasteiger partial charge in [-0.3, -0.25) is 0 Å². The molecule has 0 bridgehead atoms. The minimum atomic E-state index is -3.32. The zero-order valence-electron chi connectivity index (χ0n) is 13.0. The van der Waals surface area contributed by atoms with Crippen molar-refractivity contribution in [3.8, 4) is 0 Å². The molecule has 0 amide bonds. The minimum Gasteiger partial charge on any atom is -0.312 e. The lowest BCUT2D eigenvalue weighted by Gasteiger charge is -2.34. The van der Waals surface area contributed by atoms with Crippen LogP contribution in [0.5, 0.6) is 0 Å². The predicted octanol–water partition coefficient (Wildman–Crippen LogP) is 3.20. The maximum Gasteiger partial charge on any atom is 0.244 e. The normalized spacial score (nSPS) is 20.8. The third kappa shape index (κ3) is 4.06. The Morgan fingerprint density at radius 3 is 2.90 bits per heavy atom. The van der Waals surface area contributed by atoms with Gasteiger partial charge in [0.25, 0.3) is 0 Å². The van der Waals surface area contributed by atoms with Crippen LogP contribution >= 0.6 is 11.3 Å². The summed E-state index contributed by atoms with van der Waals surface area (Å²) in [5.41, 5.74) is 0. The molecule has 0 saturated carbocycles. The smallest absolute Gasteiger partial charge is 0.244 e. The van der Waals surface area contributed by atoms with Crippen molar-refractivity contribution in [1.82, 2.24) is 9.62 Å². The summed E-state index contributed by atoms with van der Waals surface area (Å²) < 4.78 is 27.5. The molecule has 1 atom stereocenters. The molecule has 1 aliphatic rings. The van der Waals surface area contributed by atoms with Crippen molar-refractivity contribution in [1.29, 1.82) is 0 Å². The molecule has 1 N–H and O–H groups in total. The monoisotopic (exact) mass is 330 g/mol. The summed E-state index contributed by atoms with van der Waals surface area (Å²) in [6.07, 6.45) is 5.13. The van der Waals surface area contributed by atoms with Crippen LogP contribution in [0, 0.1) is 0 Å². The molecule has 1 aromatic rings. The fourth-order valence-corrected chi connectivity index (χ4v) is 5.84. The maximum absolute atomic E-state index is 12.9. The average Bonchev–Trinajstić information content (AvgIpc) is 2.95. The lowest BCUT2D eigenvalue weighted by Crippen LogP contribution is -2.43. The van der Waals surface area contributed by atoms with E-state index in [4.69, 9.17) is 0 Å². The van der Waals surface area contributed by atoms with Crippen molar-refractivity contribution >= 4 is 21.4 Å². The predicted molar refractivity (Wildman–Crippen MR) is 88.1 cm³/mol. The van der Waals surface area contributed by atoms with Gasteiger partial charge in [0.2, 0.25) is 10.0 Å². The van der Waals surface area contributed by atoms with Crippen molar-refractivity contribution in [3.63, 3.8) is 0 Å². The van der Waals surface area contributed by atoms with Crippen molar-refractivity contribution in [2.75, 3.05) is 13.1 Å². The number of nitrogens with one attached hydrogen (secondary N) is 1. The van der Waals surface area contributed by atoms with E-state index in [1.165, 1.54) is 11.3 Å². The van der Waals surface area contributed by atoms with Crippen LogP contribution in [0.4, 0.5) is 0 Å². The Kier molecular flexibility index (Phi) is 6.22. The van der Waals surface area contributed by atoms with Gasteiger partial charge in [-0.2, -0.15) is 4.31 Å². The molecule has 21 heavy (non-hydrogen) atoms.